The minimum atomic E-state index is -6.49. The number of esters is 1. The van der Waals surface area contributed by atoms with Crippen molar-refractivity contribution in [1.82, 2.24) is 0 Å². The van der Waals surface area contributed by atoms with Crippen molar-refractivity contribution in [2.75, 3.05) is 6.61 Å². The number of rotatable bonds is 7. The Morgan fingerprint density at radius 1 is 1.14 bits per heavy atom. The number of alkyl halides is 7. The molecule has 6 atom stereocenters. The normalized spacial score (nSPS) is 30.2. The zero-order valence-corrected chi connectivity index (χ0v) is 15.4. The minimum absolute atomic E-state index is 0.00442. The summed E-state index contributed by atoms with van der Waals surface area (Å²) in [5, 5.41) is 9.70. The third kappa shape index (κ3) is 3.83. The van der Waals surface area contributed by atoms with Crippen LogP contribution in [-0.2, 0) is 9.53 Å². The molecule has 162 valence electrons. The number of carbonyl (C=O) groups excluding carboxylic acids is 1. The van der Waals surface area contributed by atoms with E-state index < -0.39 is 48.2 Å². The van der Waals surface area contributed by atoms with E-state index >= 15 is 0 Å². The van der Waals surface area contributed by atoms with Gasteiger partial charge in [-0.05, 0) is 42.9 Å². The number of hydrogen-bond donors (Lipinski definition) is 1. The average Bonchev–Trinajstić information content (AvgIpc) is 3.14. The Morgan fingerprint density at radius 3 is 2.11 bits per heavy atom. The molecule has 0 aromatic heterocycles. The molecule has 2 aliphatic carbocycles. The van der Waals surface area contributed by atoms with E-state index in [1.165, 1.54) is 6.92 Å². The van der Waals surface area contributed by atoms with E-state index in [2.05, 4.69) is 11.3 Å². The lowest BCUT2D eigenvalue weighted by molar-refractivity contribution is -0.360. The topological polar surface area (TPSA) is 46.5 Å². The molecular formula is C18H23F7O3. The Labute approximate surface area is 157 Å². The first-order valence-electron chi connectivity index (χ1n) is 8.98. The molecule has 0 aliphatic heterocycles. The van der Waals surface area contributed by atoms with Crippen molar-refractivity contribution < 1.29 is 45.4 Å². The summed E-state index contributed by atoms with van der Waals surface area (Å²) in [4.78, 5) is 12.5. The second-order valence-electron chi connectivity index (χ2n) is 7.96. The SMILES string of the molecule is C=C(O)C(C)C(C(=O)OCC(F)(F)C(F)(F)C(F)(F)F)C1C2CCC(C2)C1C. The van der Waals surface area contributed by atoms with Gasteiger partial charge in [0.25, 0.3) is 0 Å². The molecule has 1 N–H and O–H groups in total. The minimum Gasteiger partial charge on any atom is -0.513 e. The number of aliphatic hydroxyl groups is 1. The van der Waals surface area contributed by atoms with E-state index in [0.717, 1.165) is 19.3 Å². The third-order valence-electron chi connectivity index (χ3n) is 6.37. The Hall–Kier alpha value is -1.48. The van der Waals surface area contributed by atoms with Gasteiger partial charge < -0.3 is 9.84 Å². The molecule has 0 radical (unpaired) electrons. The van der Waals surface area contributed by atoms with Crippen molar-refractivity contribution in [3.63, 3.8) is 0 Å². The molecule has 2 fully saturated rings. The number of allylic oxidation sites excluding steroid dienone is 1. The van der Waals surface area contributed by atoms with Gasteiger partial charge in [0.05, 0.1) is 11.7 Å². The number of hydrogen-bond acceptors (Lipinski definition) is 3. The standard InChI is InChI=1S/C18H23F7O3/c1-8(10(3)26)14(13-9(2)11-4-5-12(13)6-11)15(27)28-7-16(19,20)17(21,22)18(23,24)25/h8-9,11-14,26H,3-7H2,1-2H3. The second kappa shape index (κ2) is 7.40. The van der Waals surface area contributed by atoms with Crippen LogP contribution >= 0.6 is 0 Å². The van der Waals surface area contributed by atoms with Crippen LogP contribution in [0.1, 0.15) is 33.1 Å². The van der Waals surface area contributed by atoms with Crippen LogP contribution in [0.25, 0.3) is 0 Å². The van der Waals surface area contributed by atoms with Gasteiger partial charge in [0.2, 0.25) is 0 Å². The molecule has 28 heavy (non-hydrogen) atoms. The molecule has 0 amide bonds. The van der Waals surface area contributed by atoms with E-state index in [9.17, 15) is 40.6 Å². The molecule has 0 aromatic rings. The fourth-order valence-corrected chi connectivity index (χ4v) is 4.70. The van der Waals surface area contributed by atoms with E-state index in [1.807, 2.05) is 6.92 Å². The summed E-state index contributed by atoms with van der Waals surface area (Å²) >= 11 is 0. The largest absolute Gasteiger partial charge is 0.513 e. The number of aliphatic hydroxyl groups excluding tert-OH is 1. The van der Waals surface area contributed by atoms with Crippen molar-refractivity contribution in [3.8, 4) is 0 Å². The first kappa shape index (κ1) is 22.8. The molecule has 10 heteroatoms. The summed E-state index contributed by atoms with van der Waals surface area (Å²) in [6, 6.07) is 0. The smallest absolute Gasteiger partial charge is 0.460 e. The van der Waals surface area contributed by atoms with Gasteiger partial charge in [0.15, 0.2) is 6.61 Å². The monoisotopic (exact) mass is 420 g/mol. The van der Waals surface area contributed by atoms with Crippen LogP contribution < -0.4 is 0 Å². The number of fused-ring (bicyclic) bond motifs is 2. The van der Waals surface area contributed by atoms with Gasteiger partial charge in [-0.25, -0.2) is 0 Å². The molecule has 6 unspecified atom stereocenters. The van der Waals surface area contributed by atoms with Crippen molar-refractivity contribution in [3.05, 3.63) is 12.3 Å². The van der Waals surface area contributed by atoms with Crippen LogP contribution in [-0.4, -0.2) is 35.7 Å². The molecule has 2 aliphatic rings. The summed E-state index contributed by atoms with van der Waals surface area (Å²) in [7, 11) is 0. The first-order valence-corrected chi connectivity index (χ1v) is 8.98. The zero-order chi connectivity index (χ0) is 21.7. The summed E-state index contributed by atoms with van der Waals surface area (Å²) in [5.41, 5.74) is 0. The van der Waals surface area contributed by atoms with Crippen LogP contribution in [0.4, 0.5) is 30.7 Å². The molecule has 2 rings (SSSR count). The van der Waals surface area contributed by atoms with E-state index in [-0.39, 0.29) is 17.8 Å². The van der Waals surface area contributed by atoms with Gasteiger partial charge in [-0.1, -0.05) is 20.4 Å². The van der Waals surface area contributed by atoms with Crippen LogP contribution in [0.3, 0.4) is 0 Å². The van der Waals surface area contributed by atoms with Crippen molar-refractivity contribution >= 4 is 5.97 Å². The maximum atomic E-state index is 13.5. The van der Waals surface area contributed by atoms with Crippen LogP contribution in [0, 0.1) is 35.5 Å². The zero-order valence-electron chi connectivity index (χ0n) is 15.4. The summed E-state index contributed by atoms with van der Waals surface area (Å²) in [6.45, 7) is 4.20. The molecule has 2 bridgehead atoms. The quantitative estimate of drug-likeness (QED) is 0.342. The molecule has 0 aromatic carbocycles. The van der Waals surface area contributed by atoms with Gasteiger partial charge >= 0.3 is 24.0 Å². The molecular weight excluding hydrogens is 397 g/mol. The van der Waals surface area contributed by atoms with Gasteiger partial charge in [-0.15, -0.1) is 0 Å². The highest BCUT2D eigenvalue weighted by molar-refractivity contribution is 5.74. The Kier molecular flexibility index (Phi) is 6.03. The highest BCUT2D eigenvalue weighted by Crippen LogP contribution is 2.56. The highest BCUT2D eigenvalue weighted by atomic mass is 19.4. The lowest BCUT2D eigenvalue weighted by Gasteiger charge is -2.37. The van der Waals surface area contributed by atoms with Gasteiger partial charge in [-0.2, -0.15) is 30.7 Å². The van der Waals surface area contributed by atoms with Gasteiger partial charge in [0, 0.05) is 5.92 Å². The Bertz CT molecular complexity index is 615. The maximum Gasteiger partial charge on any atom is 0.460 e. The first-order chi connectivity index (χ1) is 12.6. The summed E-state index contributed by atoms with van der Waals surface area (Å²) < 4.78 is 93.9. The Morgan fingerprint density at radius 2 is 1.68 bits per heavy atom. The number of halogens is 7. The Balaban J connectivity index is 2.19. The average molecular weight is 420 g/mol. The molecule has 0 saturated heterocycles. The van der Waals surface area contributed by atoms with E-state index in [4.69, 9.17) is 0 Å². The number of carbonyl (C=O) groups is 1. The molecule has 3 nitrogen and oxygen atoms in total. The lowest BCUT2D eigenvalue weighted by atomic mass is 9.69. The van der Waals surface area contributed by atoms with Crippen LogP contribution in [0.2, 0.25) is 0 Å². The van der Waals surface area contributed by atoms with Gasteiger partial charge in [-0.3, -0.25) is 4.79 Å². The maximum absolute atomic E-state index is 13.5. The predicted molar refractivity (Wildman–Crippen MR) is 84.8 cm³/mol. The van der Waals surface area contributed by atoms with Crippen LogP contribution in [0.15, 0.2) is 12.3 Å². The molecule has 2 saturated carbocycles. The summed E-state index contributed by atoms with van der Waals surface area (Å²) in [6.07, 6.45) is -3.96. The van der Waals surface area contributed by atoms with Gasteiger partial charge in [0.1, 0.15) is 0 Å². The molecule has 0 spiro atoms. The lowest BCUT2D eigenvalue weighted by Crippen LogP contribution is -2.54. The highest BCUT2D eigenvalue weighted by Gasteiger charge is 2.73. The fourth-order valence-electron chi connectivity index (χ4n) is 4.70. The predicted octanol–water partition coefficient (Wildman–Crippen LogP) is 5.37. The molecule has 0 heterocycles. The number of ether oxygens (including phenoxy) is 1. The summed E-state index contributed by atoms with van der Waals surface area (Å²) in [5.74, 6) is -15.8. The second-order valence-corrected chi connectivity index (χ2v) is 7.96. The third-order valence-corrected chi connectivity index (χ3v) is 6.37. The van der Waals surface area contributed by atoms with Crippen molar-refractivity contribution in [2.45, 2.75) is 51.1 Å². The van der Waals surface area contributed by atoms with Crippen molar-refractivity contribution in [1.29, 1.82) is 0 Å². The van der Waals surface area contributed by atoms with E-state index in [0.29, 0.717) is 5.92 Å². The fraction of sp³-hybridized carbons (Fsp3) is 0.833. The van der Waals surface area contributed by atoms with Crippen LogP contribution in [0.5, 0.6) is 0 Å². The van der Waals surface area contributed by atoms with E-state index in [1.54, 1.807) is 0 Å². The van der Waals surface area contributed by atoms with Crippen molar-refractivity contribution in [2.24, 2.45) is 35.5 Å².